The van der Waals surface area contributed by atoms with E-state index in [4.69, 9.17) is 9.97 Å². The van der Waals surface area contributed by atoms with E-state index < -0.39 is 11.9 Å². The molecule has 9 heteroatoms. The molecule has 2 aliphatic rings. The van der Waals surface area contributed by atoms with Crippen molar-refractivity contribution < 1.29 is 36.6 Å². The fourth-order valence-electron chi connectivity index (χ4n) is 5.77. The van der Waals surface area contributed by atoms with Crippen molar-refractivity contribution in [1.82, 2.24) is 19.9 Å². The second kappa shape index (κ2) is 12.4. The van der Waals surface area contributed by atoms with Crippen LogP contribution >= 0.6 is 0 Å². The molecule has 5 rings (SSSR count). The molecular weight excluding hydrogens is 587 g/mol. The normalized spacial score (nSPS) is 12.7. The van der Waals surface area contributed by atoms with Crippen molar-refractivity contribution in [2.75, 3.05) is 0 Å². The van der Waals surface area contributed by atoms with E-state index in [-0.39, 0.29) is 29.6 Å². The van der Waals surface area contributed by atoms with Crippen molar-refractivity contribution in [2.45, 2.75) is 53.4 Å². The summed E-state index contributed by atoms with van der Waals surface area (Å²) in [5.74, 6) is -1.76. The van der Waals surface area contributed by atoms with Crippen LogP contribution in [0.1, 0.15) is 78.1 Å². The number of carboxylic acid groups (broad SMARTS) is 2. The van der Waals surface area contributed by atoms with Crippen molar-refractivity contribution in [3.63, 3.8) is 0 Å². The van der Waals surface area contributed by atoms with Gasteiger partial charge >= 0.3 is 11.9 Å². The summed E-state index contributed by atoms with van der Waals surface area (Å²) < 4.78 is 0. The first-order valence-corrected chi connectivity index (χ1v) is 13.9. The van der Waals surface area contributed by atoms with Gasteiger partial charge in [-0.15, -0.1) is 0 Å². The summed E-state index contributed by atoms with van der Waals surface area (Å²) in [4.78, 5) is 40.0. The molecule has 0 saturated carbocycles. The molecule has 0 spiro atoms. The van der Waals surface area contributed by atoms with Gasteiger partial charge in [-0.3, -0.25) is 9.59 Å². The summed E-state index contributed by atoms with van der Waals surface area (Å²) in [6.07, 6.45) is 4.22. The van der Waals surface area contributed by atoms with Gasteiger partial charge in [0.15, 0.2) is 0 Å². The summed E-state index contributed by atoms with van der Waals surface area (Å²) in [5, 5.41) is 18.9. The maximum absolute atomic E-state index is 11.5. The van der Waals surface area contributed by atoms with Crippen molar-refractivity contribution in [3.8, 4) is 0 Å². The fourth-order valence-corrected chi connectivity index (χ4v) is 5.77. The molecule has 223 valence electrons. The largest absolute Gasteiger partial charge is 0.481 e. The first-order chi connectivity index (χ1) is 20.0. The predicted octanol–water partition coefficient (Wildman–Crippen LogP) is 7.50. The summed E-state index contributed by atoms with van der Waals surface area (Å²) in [5.41, 5.74) is 13.7. The minimum absolute atomic E-state index is 0. The Hall–Kier alpha value is -4.47. The Labute approximate surface area is 260 Å². The molecule has 0 saturated heterocycles. The SMILES string of the molecule is C=CC1=C(C)c2cc3[nH]c(cc4nc(cc5[nH]c(cc1n2)c(C)c5CCC(=O)O)C(CCC(=O)O)=C4C)c(C)c3C=C.[Co]. The number of fused-ring (bicyclic) bond motifs is 8. The molecule has 43 heavy (non-hydrogen) atoms. The smallest absolute Gasteiger partial charge is 0.303 e. The number of aromatic nitrogens is 4. The summed E-state index contributed by atoms with van der Waals surface area (Å²) in [7, 11) is 0. The molecule has 3 aromatic rings. The van der Waals surface area contributed by atoms with Gasteiger partial charge in [-0.1, -0.05) is 25.3 Å². The topological polar surface area (TPSA) is 132 Å². The average molecular weight is 622 g/mol. The number of nitrogens with one attached hydrogen (secondary N) is 2. The van der Waals surface area contributed by atoms with Gasteiger partial charge in [0.05, 0.1) is 22.8 Å². The zero-order valence-corrected chi connectivity index (χ0v) is 25.7. The van der Waals surface area contributed by atoms with Crippen molar-refractivity contribution in [3.05, 3.63) is 88.5 Å². The van der Waals surface area contributed by atoms with Gasteiger partial charge in [0.2, 0.25) is 0 Å². The number of hydrogen-bond donors (Lipinski definition) is 4. The van der Waals surface area contributed by atoms with Crippen LogP contribution in [0.15, 0.2) is 43.5 Å². The summed E-state index contributed by atoms with van der Waals surface area (Å²) in [6.45, 7) is 16.0. The van der Waals surface area contributed by atoms with Crippen LogP contribution < -0.4 is 0 Å². The third kappa shape index (κ3) is 5.91. The Bertz CT molecular complexity index is 1920. The van der Waals surface area contributed by atoms with Crippen molar-refractivity contribution in [2.24, 2.45) is 0 Å². The third-order valence-corrected chi connectivity index (χ3v) is 8.22. The molecule has 0 unspecified atom stereocenters. The van der Waals surface area contributed by atoms with Gasteiger partial charge < -0.3 is 20.2 Å². The Morgan fingerprint density at radius 1 is 0.721 bits per heavy atom. The van der Waals surface area contributed by atoms with Crippen LogP contribution in [0.3, 0.4) is 0 Å². The number of carboxylic acids is 2. The zero-order chi connectivity index (χ0) is 30.3. The maximum atomic E-state index is 11.5. The van der Waals surface area contributed by atoms with Crippen molar-refractivity contribution in [1.29, 1.82) is 0 Å². The second-order valence-corrected chi connectivity index (χ2v) is 10.7. The van der Waals surface area contributed by atoms with Crippen LogP contribution in [0.2, 0.25) is 0 Å². The van der Waals surface area contributed by atoms with Gasteiger partial charge in [0.1, 0.15) is 0 Å². The van der Waals surface area contributed by atoms with E-state index in [0.29, 0.717) is 18.5 Å². The van der Waals surface area contributed by atoms with Crippen LogP contribution in [0.4, 0.5) is 0 Å². The minimum Gasteiger partial charge on any atom is -0.481 e. The van der Waals surface area contributed by atoms with Crippen LogP contribution in [-0.2, 0) is 32.8 Å². The fraction of sp³-hybridized carbons (Fsp3) is 0.235. The van der Waals surface area contributed by atoms with E-state index in [1.54, 1.807) is 6.08 Å². The quantitative estimate of drug-likeness (QED) is 0.206. The molecule has 0 fully saturated rings. The molecule has 8 bridgehead atoms. The number of carbonyl (C=O) groups is 2. The number of allylic oxidation sites excluding steroid dienone is 5. The number of hydrogen-bond acceptors (Lipinski definition) is 4. The molecule has 0 aliphatic carbocycles. The molecule has 0 aromatic carbocycles. The van der Waals surface area contributed by atoms with Crippen molar-refractivity contribution >= 4 is 62.4 Å². The second-order valence-electron chi connectivity index (χ2n) is 10.7. The van der Waals surface area contributed by atoms with Gasteiger partial charge in [-0.25, -0.2) is 9.97 Å². The molecule has 5 heterocycles. The van der Waals surface area contributed by atoms with E-state index >= 15 is 0 Å². The van der Waals surface area contributed by atoms with E-state index in [2.05, 4.69) is 23.1 Å². The minimum atomic E-state index is -0.883. The number of H-pyrrole nitrogens is 2. The molecule has 0 atom stereocenters. The first kappa shape index (κ1) is 31.5. The molecule has 3 aromatic heterocycles. The molecule has 2 aliphatic heterocycles. The number of aliphatic carboxylic acids is 2. The Morgan fingerprint density at radius 3 is 1.91 bits per heavy atom. The van der Waals surface area contributed by atoms with E-state index in [0.717, 1.165) is 83.7 Å². The summed E-state index contributed by atoms with van der Waals surface area (Å²) in [6, 6.07) is 7.88. The van der Waals surface area contributed by atoms with Crippen LogP contribution in [0.25, 0.3) is 50.4 Å². The zero-order valence-electron chi connectivity index (χ0n) is 24.6. The molecule has 4 N–H and O–H groups in total. The van der Waals surface area contributed by atoms with Crippen LogP contribution in [-0.4, -0.2) is 42.1 Å². The van der Waals surface area contributed by atoms with Crippen LogP contribution in [0.5, 0.6) is 0 Å². The molecule has 0 amide bonds. The third-order valence-electron chi connectivity index (χ3n) is 8.22. The maximum Gasteiger partial charge on any atom is 0.303 e. The standard InChI is InChI=1S/C34H34N4O4.Co/c1-7-21-17(3)25-13-26-19(5)23(9-11-33(39)40)31(37-26)16-32-24(10-12-34(41)42)20(6)28(38-32)15-30-22(8-2)18(4)27(36-30)14-29(21)35-25;/h7-8,13-16,35,38H,1-2,9-12H2,3-6H3,(H,39,40)(H,41,42);. The van der Waals surface area contributed by atoms with Crippen LogP contribution in [0, 0.1) is 13.8 Å². The first-order valence-electron chi connectivity index (χ1n) is 13.9. The van der Waals surface area contributed by atoms with Gasteiger partial charge in [0, 0.05) is 62.8 Å². The number of aryl methyl sites for hydroxylation is 3. The van der Waals surface area contributed by atoms with E-state index in [9.17, 15) is 19.8 Å². The van der Waals surface area contributed by atoms with E-state index in [1.807, 2.05) is 58.0 Å². The number of rotatable bonds is 8. The number of nitrogens with zero attached hydrogens (tertiary/aromatic N) is 2. The Morgan fingerprint density at radius 2 is 1.26 bits per heavy atom. The van der Waals surface area contributed by atoms with Gasteiger partial charge in [-0.05, 0) is 98.2 Å². The molecule has 1 radical (unpaired) electrons. The molecular formula is C34H34CoN4O4. The number of aromatic amines is 2. The van der Waals surface area contributed by atoms with Gasteiger partial charge in [0.25, 0.3) is 0 Å². The van der Waals surface area contributed by atoms with Gasteiger partial charge in [-0.2, -0.15) is 0 Å². The monoisotopic (exact) mass is 621 g/mol. The summed E-state index contributed by atoms with van der Waals surface area (Å²) >= 11 is 0. The molecule has 8 nitrogen and oxygen atoms in total. The predicted molar refractivity (Wildman–Crippen MR) is 169 cm³/mol. The average Bonchev–Trinajstić information content (AvgIpc) is 3.59. The Kier molecular flexibility index (Phi) is 9.08. The van der Waals surface area contributed by atoms with E-state index in [1.165, 1.54) is 0 Å². The Balaban J connectivity index is 0.00000423.